The van der Waals surface area contributed by atoms with Crippen molar-refractivity contribution in [1.82, 2.24) is 9.97 Å². The number of hydrogen-bond acceptors (Lipinski definition) is 5. The number of anilines is 1. The molecule has 0 saturated heterocycles. The Morgan fingerprint density at radius 1 is 1.69 bits per heavy atom. The minimum Gasteiger partial charge on any atom is -0.382 e. The smallest absolute Gasteiger partial charge is 0.185 e. The highest BCUT2D eigenvalue weighted by molar-refractivity contribution is 8.13. The van der Waals surface area contributed by atoms with E-state index >= 15 is 0 Å². The summed E-state index contributed by atoms with van der Waals surface area (Å²) in [4.78, 5) is 18.6. The number of thioether (sulfide) groups is 1. The number of allylic oxidation sites excluding steroid dienone is 1. The molecular formula is C10H12ClN3OS. The van der Waals surface area contributed by atoms with E-state index in [4.69, 9.17) is 17.3 Å². The highest BCUT2D eigenvalue weighted by atomic mass is 35.5. The van der Waals surface area contributed by atoms with E-state index in [2.05, 4.69) is 9.97 Å². The third-order valence-electron chi connectivity index (χ3n) is 1.64. The average molecular weight is 258 g/mol. The van der Waals surface area contributed by atoms with Crippen molar-refractivity contribution in [3.8, 4) is 0 Å². The zero-order chi connectivity index (χ0) is 12.0. The average Bonchev–Trinajstić information content (AvgIpc) is 2.20. The zero-order valence-electron chi connectivity index (χ0n) is 8.81. The Morgan fingerprint density at radius 3 is 3.06 bits per heavy atom. The van der Waals surface area contributed by atoms with Crippen molar-refractivity contribution in [3.63, 3.8) is 0 Å². The monoisotopic (exact) mass is 257 g/mol. The Balaban J connectivity index is 2.47. The molecule has 2 N–H and O–H groups in total. The van der Waals surface area contributed by atoms with E-state index in [1.807, 2.05) is 6.08 Å². The number of hydrogen-bond donors (Lipinski definition) is 1. The molecule has 16 heavy (non-hydrogen) atoms. The molecule has 0 radical (unpaired) electrons. The van der Waals surface area contributed by atoms with Crippen LogP contribution in [0.5, 0.6) is 0 Å². The lowest BCUT2D eigenvalue weighted by molar-refractivity contribution is -0.109. The minimum absolute atomic E-state index is 0.124. The molecule has 0 amide bonds. The van der Waals surface area contributed by atoms with Crippen molar-refractivity contribution in [2.24, 2.45) is 0 Å². The van der Waals surface area contributed by atoms with Crippen LogP contribution in [-0.4, -0.2) is 20.8 Å². The molecule has 0 aliphatic heterocycles. The molecule has 1 aromatic rings. The number of nitrogens with two attached hydrogens (primary N) is 1. The summed E-state index contributed by atoms with van der Waals surface area (Å²) >= 11 is 7.12. The Bertz CT molecular complexity index is 409. The fourth-order valence-corrected chi connectivity index (χ4v) is 1.72. The summed E-state index contributed by atoms with van der Waals surface area (Å²) in [6.45, 7) is 1.55. The maximum Gasteiger partial charge on any atom is 0.185 e. The van der Waals surface area contributed by atoms with Crippen LogP contribution in [0.25, 0.3) is 6.08 Å². The van der Waals surface area contributed by atoms with Gasteiger partial charge in [0.2, 0.25) is 0 Å². The predicted octanol–water partition coefficient (Wildman–Crippen LogP) is 2.40. The molecule has 0 atom stereocenters. The van der Waals surface area contributed by atoms with Crippen molar-refractivity contribution in [1.29, 1.82) is 0 Å². The second-order valence-corrected chi connectivity index (χ2v) is 4.63. The molecule has 1 aromatic heterocycles. The van der Waals surface area contributed by atoms with Gasteiger partial charge in [-0.25, -0.2) is 9.97 Å². The van der Waals surface area contributed by atoms with E-state index < -0.39 is 0 Å². The van der Waals surface area contributed by atoms with Crippen molar-refractivity contribution < 1.29 is 4.79 Å². The van der Waals surface area contributed by atoms with Crippen LogP contribution in [0.3, 0.4) is 0 Å². The largest absolute Gasteiger partial charge is 0.382 e. The number of nitrogen functional groups attached to an aromatic ring is 1. The quantitative estimate of drug-likeness (QED) is 0.839. The summed E-state index contributed by atoms with van der Waals surface area (Å²) in [5, 5.41) is 0.411. The Labute approximate surface area is 103 Å². The molecule has 0 aliphatic rings. The van der Waals surface area contributed by atoms with Crippen molar-refractivity contribution in [2.45, 2.75) is 13.3 Å². The summed E-state index contributed by atoms with van der Waals surface area (Å²) in [5.74, 6) is 1.06. The van der Waals surface area contributed by atoms with E-state index in [0.717, 1.165) is 12.2 Å². The van der Waals surface area contributed by atoms with Gasteiger partial charge in [-0.15, -0.1) is 0 Å². The lowest BCUT2D eigenvalue weighted by atomic mass is 10.3. The molecule has 4 nitrogen and oxygen atoms in total. The van der Waals surface area contributed by atoms with Crippen molar-refractivity contribution in [3.05, 3.63) is 23.1 Å². The molecule has 0 aliphatic carbocycles. The van der Waals surface area contributed by atoms with Gasteiger partial charge in [-0.3, -0.25) is 4.79 Å². The Morgan fingerprint density at radius 2 is 2.44 bits per heavy atom. The molecule has 0 saturated carbocycles. The van der Waals surface area contributed by atoms with Gasteiger partial charge < -0.3 is 5.73 Å². The number of nitrogens with zero attached hydrogens (tertiary/aromatic N) is 2. The van der Waals surface area contributed by atoms with Gasteiger partial charge in [0.25, 0.3) is 0 Å². The lowest BCUT2D eigenvalue weighted by Crippen LogP contribution is -1.94. The van der Waals surface area contributed by atoms with E-state index in [1.54, 1.807) is 13.0 Å². The van der Waals surface area contributed by atoms with E-state index in [9.17, 15) is 4.79 Å². The van der Waals surface area contributed by atoms with Gasteiger partial charge in [0.15, 0.2) is 10.3 Å². The summed E-state index contributed by atoms with van der Waals surface area (Å²) in [6, 6.07) is 0. The molecule has 0 bridgehead atoms. The van der Waals surface area contributed by atoms with Gasteiger partial charge in [-0.2, -0.15) is 0 Å². The first-order chi connectivity index (χ1) is 7.59. The van der Waals surface area contributed by atoms with E-state index in [-0.39, 0.29) is 10.3 Å². The third kappa shape index (κ3) is 4.63. The Hall–Kier alpha value is -1.07. The number of halogens is 1. The lowest BCUT2D eigenvalue weighted by Gasteiger charge is -1.97. The van der Waals surface area contributed by atoms with Gasteiger partial charge in [-0.05, 0) is 12.5 Å². The van der Waals surface area contributed by atoms with Crippen LogP contribution >= 0.6 is 23.4 Å². The van der Waals surface area contributed by atoms with Crippen LogP contribution in [-0.2, 0) is 4.79 Å². The molecule has 0 fully saturated rings. The fourth-order valence-electron chi connectivity index (χ4n) is 0.966. The Kier molecular flexibility index (Phi) is 5.28. The molecule has 6 heteroatoms. The first kappa shape index (κ1) is 13.0. The van der Waals surface area contributed by atoms with Crippen LogP contribution in [0, 0.1) is 0 Å². The zero-order valence-corrected chi connectivity index (χ0v) is 10.4. The van der Waals surface area contributed by atoms with Gasteiger partial charge in [0.05, 0.1) is 6.20 Å². The second kappa shape index (κ2) is 6.50. The van der Waals surface area contributed by atoms with Gasteiger partial charge in [-0.1, -0.05) is 29.4 Å². The van der Waals surface area contributed by atoms with Crippen LogP contribution in [0.1, 0.15) is 19.0 Å². The molecule has 0 aromatic carbocycles. The maximum atomic E-state index is 10.7. The molecule has 0 spiro atoms. The topological polar surface area (TPSA) is 68.9 Å². The third-order valence-corrected chi connectivity index (χ3v) is 2.76. The minimum atomic E-state index is 0.124. The maximum absolute atomic E-state index is 10.7. The number of carbonyl (C=O) groups is 1. The van der Waals surface area contributed by atoms with Gasteiger partial charge in [0.1, 0.15) is 11.5 Å². The number of aromatic nitrogens is 2. The van der Waals surface area contributed by atoms with Gasteiger partial charge >= 0.3 is 0 Å². The molecule has 86 valence electrons. The predicted molar refractivity (Wildman–Crippen MR) is 68.2 cm³/mol. The van der Waals surface area contributed by atoms with Crippen molar-refractivity contribution >= 4 is 40.4 Å². The first-order valence-electron chi connectivity index (χ1n) is 4.67. The standard InChI is InChI=1S/C10H12ClN3OS/c1-7(15)16-5-3-2-4-8-10(11)14-9(12)6-13-8/h2,4,6H,3,5H2,1H3,(H2,12,14). The van der Waals surface area contributed by atoms with Crippen molar-refractivity contribution in [2.75, 3.05) is 11.5 Å². The first-order valence-corrected chi connectivity index (χ1v) is 6.04. The SMILES string of the molecule is CC(=O)SCCC=Cc1ncc(N)nc1Cl. The van der Waals surface area contributed by atoms with Gasteiger partial charge in [0, 0.05) is 12.7 Å². The summed E-state index contributed by atoms with van der Waals surface area (Å²) < 4.78 is 0. The van der Waals surface area contributed by atoms with Crippen LogP contribution < -0.4 is 5.73 Å². The normalized spacial score (nSPS) is 10.9. The highest BCUT2D eigenvalue weighted by Crippen LogP contribution is 2.14. The highest BCUT2D eigenvalue weighted by Gasteiger charge is 1.99. The van der Waals surface area contributed by atoms with Crippen LogP contribution in [0.15, 0.2) is 12.3 Å². The summed E-state index contributed by atoms with van der Waals surface area (Å²) in [7, 11) is 0. The molecule has 1 heterocycles. The van der Waals surface area contributed by atoms with E-state index in [1.165, 1.54) is 18.0 Å². The van der Waals surface area contributed by atoms with Crippen LogP contribution in [0.2, 0.25) is 5.15 Å². The molecule has 0 unspecified atom stereocenters. The van der Waals surface area contributed by atoms with Crippen LogP contribution in [0.4, 0.5) is 5.82 Å². The number of rotatable bonds is 4. The number of carbonyl (C=O) groups excluding carboxylic acids is 1. The van der Waals surface area contributed by atoms with E-state index in [0.29, 0.717) is 11.5 Å². The second-order valence-electron chi connectivity index (χ2n) is 3.00. The molecule has 1 rings (SSSR count). The fraction of sp³-hybridized carbons (Fsp3) is 0.300. The summed E-state index contributed by atoms with van der Waals surface area (Å²) in [6.07, 6.45) is 5.92. The molecular weight excluding hydrogens is 246 g/mol. The summed E-state index contributed by atoms with van der Waals surface area (Å²) in [5.41, 5.74) is 6.00.